The summed E-state index contributed by atoms with van der Waals surface area (Å²) >= 11 is 3.43. The normalized spacial score (nSPS) is 12.2. The van der Waals surface area contributed by atoms with Crippen LogP contribution in [0, 0.1) is 6.92 Å². The minimum Gasteiger partial charge on any atom is -0.382 e. The third-order valence-corrected chi connectivity index (χ3v) is 3.46. The number of benzene rings is 1. The van der Waals surface area contributed by atoms with E-state index in [1.807, 2.05) is 31.2 Å². The van der Waals surface area contributed by atoms with Crippen molar-refractivity contribution in [3.63, 3.8) is 0 Å². The molecule has 1 heterocycles. The number of hydrogen-bond donors (Lipinski definition) is 2. The monoisotopic (exact) mass is 337 g/mol. The van der Waals surface area contributed by atoms with Crippen molar-refractivity contribution in [2.24, 2.45) is 0 Å². The van der Waals surface area contributed by atoms with Gasteiger partial charge in [-0.1, -0.05) is 28.1 Å². The summed E-state index contributed by atoms with van der Waals surface area (Å²) in [5, 5.41) is 9.57. The smallest absolute Gasteiger partial charge is 0.255 e. The zero-order valence-corrected chi connectivity index (χ0v) is 12.9. The van der Waals surface area contributed by atoms with Gasteiger partial charge in [0.05, 0.1) is 24.4 Å². The Kier molecular flexibility index (Phi) is 4.92. The molecule has 0 saturated heterocycles. The first kappa shape index (κ1) is 14.7. The van der Waals surface area contributed by atoms with Gasteiger partial charge >= 0.3 is 0 Å². The zero-order valence-electron chi connectivity index (χ0n) is 11.3. The van der Waals surface area contributed by atoms with Crippen LogP contribution in [0.25, 0.3) is 0 Å². The topological polar surface area (TPSA) is 67.0 Å². The van der Waals surface area contributed by atoms with Crippen LogP contribution in [-0.2, 0) is 4.74 Å². The van der Waals surface area contributed by atoms with Crippen molar-refractivity contribution in [2.45, 2.75) is 13.0 Å². The lowest BCUT2D eigenvalue weighted by atomic mass is 10.1. The zero-order chi connectivity index (χ0) is 14.5. The van der Waals surface area contributed by atoms with Gasteiger partial charge in [0.1, 0.15) is 0 Å². The van der Waals surface area contributed by atoms with E-state index in [0.29, 0.717) is 12.2 Å². The molecule has 0 fully saturated rings. The average molecular weight is 338 g/mol. The fourth-order valence-corrected chi connectivity index (χ4v) is 2.34. The van der Waals surface area contributed by atoms with E-state index in [2.05, 4.69) is 31.4 Å². The van der Waals surface area contributed by atoms with Crippen molar-refractivity contribution in [3.05, 3.63) is 51.8 Å². The van der Waals surface area contributed by atoms with Crippen LogP contribution in [0.4, 0.5) is 0 Å². The lowest BCUT2D eigenvalue weighted by Gasteiger charge is -2.18. The molecule has 0 saturated carbocycles. The summed E-state index contributed by atoms with van der Waals surface area (Å²) in [6, 6.07) is 7.58. The molecule has 0 aliphatic rings. The molecule has 0 aliphatic heterocycles. The van der Waals surface area contributed by atoms with Gasteiger partial charge in [-0.25, -0.2) is 0 Å². The molecule has 0 radical (unpaired) electrons. The van der Waals surface area contributed by atoms with Crippen LogP contribution in [0.5, 0.6) is 0 Å². The van der Waals surface area contributed by atoms with E-state index >= 15 is 0 Å². The molecule has 6 heteroatoms. The lowest BCUT2D eigenvalue weighted by molar-refractivity contribution is 0.0896. The van der Waals surface area contributed by atoms with Crippen LogP contribution >= 0.6 is 15.9 Å². The summed E-state index contributed by atoms with van der Waals surface area (Å²) in [6.45, 7) is 2.21. The van der Waals surface area contributed by atoms with E-state index < -0.39 is 0 Å². The van der Waals surface area contributed by atoms with Crippen LogP contribution < -0.4 is 5.32 Å². The molecular weight excluding hydrogens is 322 g/mol. The first-order valence-electron chi connectivity index (χ1n) is 6.17. The number of aryl methyl sites for hydroxylation is 1. The number of methoxy groups -OCH3 is 1. The molecule has 20 heavy (non-hydrogen) atoms. The summed E-state index contributed by atoms with van der Waals surface area (Å²) in [7, 11) is 1.61. The maximum Gasteiger partial charge on any atom is 0.255 e. The number of carbonyl (C=O) groups excluding carboxylic acids is 1. The number of nitrogens with one attached hydrogen (secondary N) is 2. The molecule has 1 atom stereocenters. The molecule has 0 bridgehead atoms. The number of hydrogen-bond acceptors (Lipinski definition) is 3. The van der Waals surface area contributed by atoms with Gasteiger partial charge in [-0.2, -0.15) is 5.10 Å². The molecular formula is C14H16BrN3O2. The molecule has 0 aliphatic carbocycles. The molecule has 1 unspecified atom stereocenters. The van der Waals surface area contributed by atoms with Crippen molar-refractivity contribution in [1.82, 2.24) is 15.5 Å². The molecule has 1 amide bonds. The van der Waals surface area contributed by atoms with Crippen molar-refractivity contribution >= 4 is 21.8 Å². The predicted molar refractivity (Wildman–Crippen MR) is 79.5 cm³/mol. The highest BCUT2D eigenvalue weighted by Gasteiger charge is 2.18. The first-order chi connectivity index (χ1) is 9.61. The second kappa shape index (κ2) is 6.67. The highest BCUT2D eigenvalue weighted by molar-refractivity contribution is 9.10. The molecule has 2 aromatic rings. The number of halogens is 1. The van der Waals surface area contributed by atoms with Crippen LogP contribution in [0.15, 0.2) is 34.9 Å². The molecule has 1 aromatic heterocycles. The fourth-order valence-electron chi connectivity index (χ4n) is 1.93. The summed E-state index contributed by atoms with van der Waals surface area (Å²) in [5.74, 6) is -0.168. The second-order valence-corrected chi connectivity index (χ2v) is 5.36. The minimum atomic E-state index is -0.209. The summed E-state index contributed by atoms with van der Waals surface area (Å²) in [4.78, 5) is 12.2. The first-order valence-corrected chi connectivity index (χ1v) is 6.96. The Balaban J connectivity index is 2.18. The summed E-state index contributed by atoms with van der Waals surface area (Å²) in [6.07, 6.45) is 1.52. The van der Waals surface area contributed by atoms with Gasteiger partial charge < -0.3 is 10.1 Å². The third kappa shape index (κ3) is 3.46. The van der Waals surface area contributed by atoms with Crippen LogP contribution in [0.3, 0.4) is 0 Å². The van der Waals surface area contributed by atoms with E-state index in [0.717, 1.165) is 15.7 Å². The highest BCUT2D eigenvalue weighted by atomic mass is 79.9. The Morgan fingerprint density at radius 3 is 2.95 bits per heavy atom. The maximum absolute atomic E-state index is 12.2. The van der Waals surface area contributed by atoms with Crippen LogP contribution in [-0.4, -0.2) is 29.8 Å². The predicted octanol–water partition coefficient (Wildman–Crippen LogP) is 2.60. The number of carbonyl (C=O) groups is 1. The average Bonchev–Trinajstić information content (AvgIpc) is 2.84. The Bertz CT molecular complexity index is 598. The van der Waals surface area contributed by atoms with E-state index in [1.165, 1.54) is 6.20 Å². The molecule has 5 nitrogen and oxygen atoms in total. The van der Waals surface area contributed by atoms with Gasteiger partial charge in [0, 0.05) is 17.3 Å². The van der Waals surface area contributed by atoms with E-state index in [-0.39, 0.29) is 11.9 Å². The van der Waals surface area contributed by atoms with Crippen molar-refractivity contribution in [1.29, 1.82) is 0 Å². The van der Waals surface area contributed by atoms with Crippen molar-refractivity contribution in [3.8, 4) is 0 Å². The Morgan fingerprint density at radius 2 is 2.35 bits per heavy atom. The SMILES string of the molecule is COCC(NC(=O)c1cn[nH]c1C)c1cccc(Br)c1. The lowest BCUT2D eigenvalue weighted by Crippen LogP contribution is -2.31. The standard InChI is InChI=1S/C14H16BrN3O2/c1-9-12(7-16-18-9)14(19)17-13(8-20-2)10-4-3-5-11(15)6-10/h3-7,13H,8H2,1-2H3,(H,16,18)(H,17,19). The number of rotatable bonds is 5. The number of nitrogens with zero attached hydrogens (tertiary/aromatic N) is 1. The summed E-state index contributed by atoms with van der Waals surface area (Å²) < 4.78 is 6.16. The minimum absolute atomic E-state index is 0.168. The van der Waals surface area contributed by atoms with Gasteiger partial charge in [-0.15, -0.1) is 0 Å². The molecule has 2 N–H and O–H groups in total. The largest absolute Gasteiger partial charge is 0.382 e. The highest BCUT2D eigenvalue weighted by Crippen LogP contribution is 2.19. The number of H-pyrrole nitrogens is 1. The van der Waals surface area contributed by atoms with E-state index in [9.17, 15) is 4.79 Å². The Hall–Kier alpha value is -1.66. The molecule has 2 rings (SSSR count). The molecule has 0 spiro atoms. The molecule has 106 valence electrons. The number of aromatic amines is 1. The van der Waals surface area contributed by atoms with Gasteiger partial charge in [-0.3, -0.25) is 9.89 Å². The van der Waals surface area contributed by atoms with Crippen LogP contribution in [0.2, 0.25) is 0 Å². The number of aromatic nitrogens is 2. The fraction of sp³-hybridized carbons (Fsp3) is 0.286. The number of amides is 1. The van der Waals surface area contributed by atoms with E-state index in [4.69, 9.17) is 4.74 Å². The van der Waals surface area contributed by atoms with Gasteiger partial charge in [-0.05, 0) is 24.6 Å². The quantitative estimate of drug-likeness (QED) is 0.881. The Labute approximate surface area is 125 Å². The summed E-state index contributed by atoms with van der Waals surface area (Å²) in [5.41, 5.74) is 2.27. The van der Waals surface area contributed by atoms with Crippen molar-refractivity contribution < 1.29 is 9.53 Å². The Morgan fingerprint density at radius 1 is 1.55 bits per heavy atom. The molecule has 1 aromatic carbocycles. The van der Waals surface area contributed by atoms with Crippen LogP contribution in [0.1, 0.15) is 27.7 Å². The van der Waals surface area contributed by atoms with Crippen molar-refractivity contribution in [2.75, 3.05) is 13.7 Å². The van der Waals surface area contributed by atoms with Gasteiger partial charge in [0.2, 0.25) is 0 Å². The van der Waals surface area contributed by atoms with Gasteiger partial charge in [0.15, 0.2) is 0 Å². The van der Waals surface area contributed by atoms with E-state index in [1.54, 1.807) is 7.11 Å². The maximum atomic E-state index is 12.2. The second-order valence-electron chi connectivity index (χ2n) is 4.45. The van der Waals surface area contributed by atoms with Gasteiger partial charge in [0.25, 0.3) is 5.91 Å². The third-order valence-electron chi connectivity index (χ3n) is 2.96. The number of ether oxygens (including phenoxy) is 1.